The van der Waals surface area contributed by atoms with Crippen molar-refractivity contribution in [2.45, 2.75) is 33.5 Å². The van der Waals surface area contributed by atoms with Gasteiger partial charge in [0.2, 0.25) is 7.37 Å². The van der Waals surface area contributed by atoms with Crippen LogP contribution in [0.1, 0.15) is 26.7 Å². The molecule has 0 aromatic carbocycles. The lowest BCUT2D eigenvalue weighted by Gasteiger charge is -2.31. The average molecular weight is 182 g/mol. The molecule has 0 aliphatic rings. The van der Waals surface area contributed by atoms with E-state index in [0.717, 1.165) is 40.9 Å². The van der Waals surface area contributed by atoms with Gasteiger partial charge < -0.3 is 9.31 Å². The summed E-state index contributed by atoms with van der Waals surface area (Å²) in [5.74, 6) is 0. The van der Waals surface area contributed by atoms with E-state index in [0.29, 0.717) is 0 Å². The van der Waals surface area contributed by atoms with Crippen LogP contribution >= 0.6 is 0 Å². The molecule has 0 aromatic heterocycles. The van der Waals surface area contributed by atoms with Crippen LogP contribution in [0, 0.1) is 5.41 Å². The van der Waals surface area contributed by atoms with Gasteiger partial charge in [0.15, 0.2) is 0 Å². The average Bonchev–Trinajstić information content (AvgIpc) is 2.20. The summed E-state index contributed by atoms with van der Waals surface area (Å²) in [5.41, 5.74) is 0.242. The Balaban J connectivity index is 3.97. The second-order valence-corrected chi connectivity index (χ2v) is 3.48. The summed E-state index contributed by atoms with van der Waals surface area (Å²) in [4.78, 5) is 0. The molecular formula is C8H21B3O2. The SMILES string of the molecule is BBOCC(CC)(CC)COBC. The van der Waals surface area contributed by atoms with E-state index in [1.54, 1.807) is 0 Å². The number of rotatable bonds is 8. The lowest BCUT2D eigenvalue weighted by molar-refractivity contribution is 0.0764. The molecule has 0 radical (unpaired) electrons. The van der Waals surface area contributed by atoms with Crippen molar-refractivity contribution in [2.75, 3.05) is 13.2 Å². The van der Waals surface area contributed by atoms with Gasteiger partial charge in [-0.3, -0.25) is 0 Å². The highest BCUT2D eigenvalue weighted by Gasteiger charge is 2.25. The Bertz CT molecular complexity index is 108. The van der Waals surface area contributed by atoms with Gasteiger partial charge >= 0.3 is 0 Å². The summed E-state index contributed by atoms with van der Waals surface area (Å²) < 4.78 is 11.0. The van der Waals surface area contributed by atoms with E-state index < -0.39 is 0 Å². The summed E-state index contributed by atoms with van der Waals surface area (Å²) in [6.45, 7) is 8.12. The molecule has 0 fully saturated rings. The fourth-order valence-corrected chi connectivity index (χ4v) is 1.34. The van der Waals surface area contributed by atoms with Crippen LogP contribution in [-0.2, 0) is 9.31 Å². The maximum Gasteiger partial charge on any atom is 0.271 e. The predicted molar refractivity (Wildman–Crippen MR) is 63.6 cm³/mol. The first-order valence-electron chi connectivity index (χ1n) is 5.40. The van der Waals surface area contributed by atoms with Crippen molar-refractivity contribution in [1.29, 1.82) is 0 Å². The van der Waals surface area contributed by atoms with Crippen LogP contribution in [0.2, 0.25) is 6.82 Å². The minimum absolute atomic E-state index is 0.242. The molecule has 0 N–H and O–H groups in total. The topological polar surface area (TPSA) is 18.5 Å². The van der Waals surface area contributed by atoms with E-state index in [2.05, 4.69) is 13.8 Å². The lowest BCUT2D eigenvalue weighted by Crippen LogP contribution is -2.32. The molecule has 5 heteroatoms. The molecule has 0 unspecified atom stereocenters. The smallest absolute Gasteiger partial charge is 0.271 e. The zero-order valence-electron chi connectivity index (χ0n) is 9.56. The monoisotopic (exact) mass is 182 g/mol. The highest BCUT2D eigenvalue weighted by atomic mass is 16.4. The molecule has 0 atom stereocenters. The molecule has 2 nitrogen and oxygen atoms in total. The maximum atomic E-state index is 5.50. The standard InChI is InChI=1S/C8H21B3O2/c1-4-8(5-2,6-12-10-3)7-13-11-9/h10-11H,4-7,9H2,1-3H3. The molecule has 0 aliphatic heterocycles. The van der Waals surface area contributed by atoms with E-state index in [4.69, 9.17) is 9.31 Å². The van der Waals surface area contributed by atoms with E-state index in [1.165, 1.54) is 0 Å². The third-order valence-electron chi connectivity index (χ3n) is 2.72. The minimum atomic E-state index is 0.242. The zero-order valence-corrected chi connectivity index (χ0v) is 9.56. The van der Waals surface area contributed by atoms with Crippen LogP contribution in [0.5, 0.6) is 0 Å². The van der Waals surface area contributed by atoms with Crippen LogP contribution in [0.3, 0.4) is 0 Å². The van der Waals surface area contributed by atoms with Gasteiger partial charge in [-0.05, 0) is 12.8 Å². The second kappa shape index (κ2) is 7.51. The minimum Gasteiger partial charge on any atom is -0.449 e. The van der Waals surface area contributed by atoms with E-state index in [9.17, 15) is 0 Å². The van der Waals surface area contributed by atoms with Crippen molar-refractivity contribution in [3.8, 4) is 0 Å². The Morgan fingerprint density at radius 2 is 1.69 bits per heavy atom. The third-order valence-corrected chi connectivity index (χ3v) is 2.72. The summed E-state index contributed by atoms with van der Waals surface area (Å²) in [6.07, 6.45) is 2.26. The first kappa shape index (κ1) is 13.1. The molecule has 0 heterocycles. The first-order valence-corrected chi connectivity index (χ1v) is 5.40. The van der Waals surface area contributed by atoms with Gasteiger partial charge in [-0.2, -0.15) is 0 Å². The summed E-state index contributed by atoms with van der Waals surface area (Å²) in [5, 5.41) is 0. The van der Waals surface area contributed by atoms with Crippen molar-refractivity contribution < 1.29 is 9.31 Å². The van der Waals surface area contributed by atoms with Crippen LogP contribution < -0.4 is 0 Å². The third kappa shape index (κ3) is 4.77. The molecule has 74 valence electrons. The summed E-state index contributed by atoms with van der Waals surface area (Å²) >= 11 is 0. The normalized spacial score (nSPS) is 11.3. The van der Waals surface area contributed by atoms with Crippen molar-refractivity contribution in [1.82, 2.24) is 0 Å². The molecule has 0 aliphatic carbocycles. The molecule has 13 heavy (non-hydrogen) atoms. The maximum absolute atomic E-state index is 5.50. The van der Waals surface area contributed by atoms with Gasteiger partial charge in [0.1, 0.15) is 7.74 Å². The van der Waals surface area contributed by atoms with Gasteiger partial charge in [0.05, 0.1) is 0 Å². The first-order chi connectivity index (χ1) is 6.24. The van der Waals surface area contributed by atoms with Gasteiger partial charge in [-0.15, -0.1) is 0 Å². The van der Waals surface area contributed by atoms with E-state index in [1.807, 2.05) is 14.6 Å². The van der Waals surface area contributed by atoms with E-state index >= 15 is 0 Å². The fraction of sp³-hybridized carbons (Fsp3) is 1.00. The molecule has 0 saturated carbocycles. The Morgan fingerprint density at radius 3 is 2.08 bits per heavy atom. The molecule has 0 bridgehead atoms. The van der Waals surface area contributed by atoms with Gasteiger partial charge in [0.25, 0.3) is 7.48 Å². The number of hydrogen-bond donors (Lipinski definition) is 0. The predicted octanol–water partition coefficient (Wildman–Crippen LogP) is 0.125. The van der Waals surface area contributed by atoms with Gasteiger partial charge in [-0.1, -0.05) is 20.7 Å². The number of hydrogen-bond acceptors (Lipinski definition) is 2. The largest absolute Gasteiger partial charge is 0.449 e. The van der Waals surface area contributed by atoms with Crippen LogP contribution in [0.4, 0.5) is 0 Å². The van der Waals surface area contributed by atoms with Crippen LogP contribution in [0.15, 0.2) is 0 Å². The molecular weight excluding hydrogens is 161 g/mol. The second-order valence-electron chi connectivity index (χ2n) is 3.48. The Morgan fingerprint density at radius 1 is 1.15 bits per heavy atom. The summed E-state index contributed by atoms with van der Waals surface area (Å²) in [6, 6.07) is 0. The Hall–Kier alpha value is 0.115. The highest BCUT2D eigenvalue weighted by molar-refractivity contribution is 6.85. The van der Waals surface area contributed by atoms with Crippen molar-refractivity contribution in [3.05, 3.63) is 0 Å². The van der Waals surface area contributed by atoms with Crippen molar-refractivity contribution in [3.63, 3.8) is 0 Å². The summed E-state index contributed by atoms with van der Waals surface area (Å²) in [7, 11) is 3.64. The van der Waals surface area contributed by atoms with Gasteiger partial charge in [0, 0.05) is 18.6 Å². The van der Waals surface area contributed by atoms with E-state index in [-0.39, 0.29) is 5.41 Å². The Kier molecular flexibility index (Phi) is 7.58. The molecule has 0 spiro atoms. The molecule has 0 saturated heterocycles. The molecule has 0 rings (SSSR count). The van der Waals surface area contributed by atoms with Crippen molar-refractivity contribution in [2.24, 2.45) is 5.41 Å². The Labute approximate surface area is 84.7 Å². The van der Waals surface area contributed by atoms with Crippen LogP contribution in [-0.4, -0.2) is 35.8 Å². The zero-order chi connectivity index (χ0) is 10.2. The lowest BCUT2D eigenvalue weighted by atomic mass is 9.71. The highest BCUT2D eigenvalue weighted by Crippen LogP contribution is 2.26. The van der Waals surface area contributed by atoms with Crippen LogP contribution in [0.25, 0.3) is 0 Å². The fourth-order valence-electron chi connectivity index (χ4n) is 1.34. The quantitative estimate of drug-likeness (QED) is 0.496. The molecule has 0 aromatic rings. The molecule has 0 amide bonds. The van der Waals surface area contributed by atoms with Gasteiger partial charge in [-0.25, -0.2) is 0 Å². The van der Waals surface area contributed by atoms with Crippen molar-refractivity contribution >= 4 is 22.6 Å².